The van der Waals surface area contributed by atoms with Gasteiger partial charge in [0.05, 0.1) is 11.5 Å². The van der Waals surface area contributed by atoms with E-state index in [-0.39, 0.29) is 23.3 Å². The predicted molar refractivity (Wildman–Crippen MR) is 68.7 cm³/mol. The molecule has 1 unspecified atom stereocenters. The summed E-state index contributed by atoms with van der Waals surface area (Å²) in [5.41, 5.74) is 2.91. The van der Waals surface area contributed by atoms with E-state index in [0.717, 1.165) is 29.8 Å². The van der Waals surface area contributed by atoms with Gasteiger partial charge < -0.3 is 4.57 Å². The number of aromatic nitrogens is 1. The molecule has 1 aromatic heterocycles. The molecular weight excluding hydrogens is 250 g/mol. The zero-order valence-corrected chi connectivity index (χ0v) is 11.3. The third kappa shape index (κ3) is 1.81. The summed E-state index contributed by atoms with van der Waals surface area (Å²) in [5.74, 6) is 0.709. The number of carbonyl (C=O) groups excluding carboxylic acids is 1. The summed E-state index contributed by atoms with van der Waals surface area (Å²) in [7, 11) is -2.88. The highest BCUT2D eigenvalue weighted by Crippen LogP contribution is 2.32. The van der Waals surface area contributed by atoms with Gasteiger partial charge in [0.2, 0.25) is 0 Å². The third-order valence-corrected chi connectivity index (χ3v) is 5.78. The van der Waals surface area contributed by atoms with Crippen molar-refractivity contribution in [3.8, 4) is 0 Å². The Morgan fingerprint density at radius 1 is 1.33 bits per heavy atom. The van der Waals surface area contributed by atoms with Crippen molar-refractivity contribution in [2.24, 2.45) is 0 Å². The quantitative estimate of drug-likeness (QED) is 0.778. The molecule has 0 saturated carbocycles. The maximum atomic E-state index is 11.9. The van der Waals surface area contributed by atoms with Gasteiger partial charge in [-0.05, 0) is 32.3 Å². The van der Waals surface area contributed by atoms with Crippen LogP contribution < -0.4 is 0 Å². The molecule has 5 heteroatoms. The molecule has 0 aromatic carbocycles. The Balaban J connectivity index is 2.05. The lowest BCUT2D eigenvalue weighted by Gasteiger charge is -2.20. The van der Waals surface area contributed by atoms with E-state index in [1.807, 2.05) is 13.0 Å². The van der Waals surface area contributed by atoms with Gasteiger partial charge in [-0.2, -0.15) is 0 Å². The molecule has 1 saturated heterocycles. The number of nitrogens with zero attached hydrogens (tertiary/aromatic N) is 1. The Hall–Kier alpha value is -1.10. The smallest absolute Gasteiger partial charge is 0.164 e. The number of hydrogen-bond acceptors (Lipinski definition) is 3. The number of carbonyl (C=O) groups is 1. The molecule has 1 aliphatic heterocycles. The van der Waals surface area contributed by atoms with E-state index in [0.29, 0.717) is 12.8 Å². The molecule has 1 atom stereocenters. The van der Waals surface area contributed by atoms with Crippen molar-refractivity contribution in [1.82, 2.24) is 4.57 Å². The molecule has 0 radical (unpaired) electrons. The number of Topliss-reactive ketones (excluding diaryl/α,β-unsaturated/α-hetero) is 1. The number of fused-ring (bicyclic) bond motifs is 1. The normalized spacial score (nSPS) is 26.3. The van der Waals surface area contributed by atoms with Crippen LogP contribution in [0.25, 0.3) is 0 Å². The van der Waals surface area contributed by atoms with Crippen LogP contribution in [-0.4, -0.2) is 30.3 Å². The first-order chi connectivity index (χ1) is 8.48. The molecule has 2 heterocycles. The van der Waals surface area contributed by atoms with Crippen molar-refractivity contribution in [2.45, 2.75) is 38.6 Å². The number of hydrogen-bond donors (Lipinski definition) is 0. The average molecular weight is 267 g/mol. The Labute approximate surface area is 107 Å². The van der Waals surface area contributed by atoms with Crippen molar-refractivity contribution in [2.75, 3.05) is 11.5 Å². The first-order valence-electron chi connectivity index (χ1n) is 6.42. The first-order valence-corrected chi connectivity index (χ1v) is 8.24. The van der Waals surface area contributed by atoms with Crippen LogP contribution in [0.1, 0.15) is 47.1 Å². The molecular formula is C13H17NO3S. The van der Waals surface area contributed by atoms with E-state index in [1.165, 1.54) is 0 Å². The molecule has 2 aliphatic rings. The lowest BCUT2D eigenvalue weighted by Crippen LogP contribution is -2.18. The average Bonchev–Trinajstić information content (AvgIpc) is 2.79. The van der Waals surface area contributed by atoms with Crippen molar-refractivity contribution in [3.05, 3.63) is 23.0 Å². The lowest BCUT2D eigenvalue weighted by molar-refractivity contribution is 0.0971. The minimum atomic E-state index is -2.88. The second-order valence-corrected chi connectivity index (χ2v) is 7.58. The molecule has 0 spiro atoms. The number of ketones is 1. The monoisotopic (exact) mass is 267 g/mol. The van der Waals surface area contributed by atoms with Gasteiger partial charge in [0.15, 0.2) is 15.6 Å². The predicted octanol–water partition coefficient (Wildman–Crippen LogP) is 1.68. The number of rotatable bonds is 1. The number of sulfone groups is 1. The SMILES string of the molecule is Cc1cc2c(n1C1CCS(=O)(=O)C1)CCCC2=O. The van der Waals surface area contributed by atoms with Crippen LogP contribution >= 0.6 is 0 Å². The van der Waals surface area contributed by atoms with Crippen LogP contribution in [0.15, 0.2) is 6.07 Å². The van der Waals surface area contributed by atoms with E-state index in [9.17, 15) is 13.2 Å². The Morgan fingerprint density at radius 2 is 2.11 bits per heavy atom. The molecule has 18 heavy (non-hydrogen) atoms. The van der Waals surface area contributed by atoms with Gasteiger partial charge in [-0.15, -0.1) is 0 Å². The van der Waals surface area contributed by atoms with Crippen molar-refractivity contribution in [3.63, 3.8) is 0 Å². The molecule has 0 bridgehead atoms. The molecule has 3 rings (SSSR count). The Morgan fingerprint density at radius 3 is 2.78 bits per heavy atom. The Kier molecular flexibility index (Phi) is 2.62. The van der Waals surface area contributed by atoms with Crippen molar-refractivity contribution >= 4 is 15.6 Å². The topological polar surface area (TPSA) is 56.1 Å². The summed E-state index contributed by atoms with van der Waals surface area (Å²) in [4.78, 5) is 11.9. The minimum Gasteiger partial charge on any atom is -0.344 e. The molecule has 0 amide bonds. The van der Waals surface area contributed by atoms with Gasteiger partial charge >= 0.3 is 0 Å². The molecule has 1 aromatic rings. The van der Waals surface area contributed by atoms with Gasteiger partial charge in [0.1, 0.15) is 0 Å². The van der Waals surface area contributed by atoms with Gasteiger partial charge in [-0.25, -0.2) is 8.42 Å². The van der Waals surface area contributed by atoms with E-state index in [2.05, 4.69) is 4.57 Å². The number of aryl methyl sites for hydroxylation is 1. The van der Waals surface area contributed by atoms with Gasteiger partial charge in [0, 0.05) is 29.4 Å². The summed E-state index contributed by atoms with van der Waals surface area (Å²) in [6, 6.07) is 1.96. The molecule has 1 aliphatic carbocycles. The molecule has 1 fully saturated rings. The fourth-order valence-electron chi connectivity index (χ4n) is 3.24. The highest BCUT2D eigenvalue weighted by Gasteiger charge is 2.33. The molecule has 98 valence electrons. The maximum absolute atomic E-state index is 11.9. The largest absolute Gasteiger partial charge is 0.344 e. The van der Waals surface area contributed by atoms with Crippen LogP contribution in [0.3, 0.4) is 0 Å². The lowest BCUT2D eigenvalue weighted by atomic mass is 9.96. The minimum absolute atomic E-state index is 0.0321. The van der Waals surface area contributed by atoms with Crippen molar-refractivity contribution < 1.29 is 13.2 Å². The van der Waals surface area contributed by atoms with Crippen LogP contribution in [-0.2, 0) is 16.3 Å². The van der Waals surface area contributed by atoms with E-state index in [1.54, 1.807) is 0 Å². The highest BCUT2D eigenvalue weighted by molar-refractivity contribution is 7.91. The fraction of sp³-hybridized carbons (Fsp3) is 0.615. The van der Waals surface area contributed by atoms with Crippen LogP contribution in [0.2, 0.25) is 0 Å². The maximum Gasteiger partial charge on any atom is 0.164 e. The summed E-state index contributed by atoms with van der Waals surface area (Å²) in [6.07, 6.45) is 3.08. The fourth-order valence-corrected chi connectivity index (χ4v) is 4.94. The first kappa shape index (κ1) is 12.0. The third-order valence-electron chi connectivity index (χ3n) is 4.03. The highest BCUT2D eigenvalue weighted by atomic mass is 32.2. The summed E-state index contributed by atoms with van der Waals surface area (Å²) >= 11 is 0. The van der Waals surface area contributed by atoms with Crippen LogP contribution in [0.4, 0.5) is 0 Å². The van der Waals surface area contributed by atoms with Gasteiger partial charge in [0.25, 0.3) is 0 Å². The van der Waals surface area contributed by atoms with E-state index in [4.69, 9.17) is 0 Å². The van der Waals surface area contributed by atoms with Crippen LogP contribution in [0.5, 0.6) is 0 Å². The van der Waals surface area contributed by atoms with Crippen LogP contribution in [0, 0.1) is 6.92 Å². The zero-order valence-electron chi connectivity index (χ0n) is 10.5. The van der Waals surface area contributed by atoms with E-state index >= 15 is 0 Å². The summed E-state index contributed by atoms with van der Waals surface area (Å²) in [5, 5.41) is 0. The molecule has 4 nitrogen and oxygen atoms in total. The summed E-state index contributed by atoms with van der Waals surface area (Å²) in [6.45, 7) is 1.97. The zero-order chi connectivity index (χ0) is 12.9. The van der Waals surface area contributed by atoms with E-state index < -0.39 is 9.84 Å². The van der Waals surface area contributed by atoms with Gasteiger partial charge in [-0.1, -0.05) is 0 Å². The second kappa shape index (κ2) is 3.95. The standard InChI is InChI=1S/C13H17NO3S/c1-9-7-11-12(3-2-4-13(11)15)14(9)10-5-6-18(16,17)8-10/h7,10H,2-6,8H2,1H3. The van der Waals surface area contributed by atoms with Crippen molar-refractivity contribution in [1.29, 1.82) is 0 Å². The summed E-state index contributed by atoms with van der Waals surface area (Å²) < 4.78 is 25.3. The molecule has 0 N–H and O–H groups in total. The Bertz CT molecular complexity index is 612. The van der Waals surface area contributed by atoms with Gasteiger partial charge in [-0.3, -0.25) is 4.79 Å². The second-order valence-electron chi connectivity index (χ2n) is 5.35.